The summed E-state index contributed by atoms with van der Waals surface area (Å²) in [6.45, 7) is 6.15. The lowest BCUT2D eigenvalue weighted by atomic mass is 9.79. The largest absolute Gasteiger partial charge is 0.497 e. The van der Waals surface area contributed by atoms with Crippen LogP contribution in [0.25, 0.3) is 0 Å². The number of hydrogen-bond acceptors (Lipinski definition) is 6. The number of rotatable bonds is 10. The molecule has 180 valence electrons. The maximum atomic E-state index is 14.5. The molecular weight excluding hydrogens is 448 g/mol. The molecule has 7 heteroatoms. The summed E-state index contributed by atoms with van der Waals surface area (Å²) in [7, 11) is 3.96. The van der Waals surface area contributed by atoms with Crippen LogP contribution < -0.4 is 18.9 Å². The Hall–Kier alpha value is -3.29. The van der Waals surface area contributed by atoms with Crippen LogP contribution in [0.15, 0.2) is 66.7 Å². The topological polar surface area (TPSA) is 63.2 Å². The molecule has 0 heterocycles. The van der Waals surface area contributed by atoms with Crippen molar-refractivity contribution in [3.05, 3.63) is 83.4 Å². The van der Waals surface area contributed by atoms with Crippen LogP contribution in [-0.2, 0) is 10.0 Å². The Morgan fingerprint density at radius 1 is 0.647 bits per heavy atom. The van der Waals surface area contributed by atoms with E-state index >= 15 is 0 Å². The fraction of sp³-hybridized carbons (Fsp3) is 0.296. The molecular formula is C27H32O6Si. The molecule has 0 fully saturated rings. The second-order valence-electron chi connectivity index (χ2n) is 8.79. The van der Waals surface area contributed by atoms with E-state index in [-0.39, 0.29) is 5.78 Å². The molecule has 0 saturated heterocycles. The summed E-state index contributed by atoms with van der Waals surface area (Å²) >= 11 is 0. The molecule has 0 unspecified atom stereocenters. The summed E-state index contributed by atoms with van der Waals surface area (Å²) < 4.78 is 29.1. The number of methoxy groups -OCH3 is 4. The van der Waals surface area contributed by atoms with Crippen molar-refractivity contribution in [3.63, 3.8) is 0 Å². The molecule has 0 amide bonds. The van der Waals surface area contributed by atoms with Crippen molar-refractivity contribution in [3.8, 4) is 23.0 Å². The second-order valence-corrected chi connectivity index (χ2v) is 13.2. The Labute approximate surface area is 202 Å². The van der Waals surface area contributed by atoms with E-state index in [4.69, 9.17) is 23.4 Å². The van der Waals surface area contributed by atoms with Crippen molar-refractivity contribution in [2.24, 2.45) is 0 Å². The van der Waals surface area contributed by atoms with Crippen molar-refractivity contribution in [2.75, 3.05) is 28.4 Å². The Kier molecular flexibility index (Phi) is 7.69. The monoisotopic (exact) mass is 480 g/mol. The van der Waals surface area contributed by atoms with Crippen molar-refractivity contribution in [1.29, 1.82) is 0 Å². The highest BCUT2D eigenvalue weighted by molar-refractivity contribution is 6.70. The minimum atomic E-state index is -2.35. The molecule has 0 bridgehead atoms. The number of carbonyl (C=O) groups excluding carboxylic acids is 1. The number of ketones is 1. The molecule has 34 heavy (non-hydrogen) atoms. The van der Waals surface area contributed by atoms with Crippen LogP contribution in [0.3, 0.4) is 0 Å². The van der Waals surface area contributed by atoms with Crippen LogP contribution in [-0.4, -0.2) is 42.5 Å². The lowest BCUT2D eigenvalue weighted by Crippen LogP contribution is -2.47. The van der Waals surface area contributed by atoms with Gasteiger partial charge in [0.15, 0.2) is 13.9 Å². The first-order chi connectivity index (χ1) is 16.2. The van der Waals surface area contributed by atoms with Crippen LogP contribution in [0, 0.1) is 0 Å². The first-order valence-electron chi connectivity index (χ1n) is 10.9. The van der Waals surface area contributed by atoms with Gasteiger partial charge < -0.3 is 23.4 Å². The Bertz CT molecular complexity index is 1040. The third kappa shape index (κ3) is 5.26. The maximum Gasteiger partial charge on any atom is 0.202 e. The van der Waals surface area contributed by atoms with E-state index in [9.17, 15) is 4.79 Å². The zero-order valence-corrected chi connectivity index (χ0v) is 21.8. The summed E-state index contributed by atoms with van der Waals surface area (Å²) in [5, 5.41) is 0. The predicted molar refractivity (Wildman–Crippen MR) is 135 cm³/mol. The van der Waals surface area contributed by atoms with Crippen LogP contribution in [0.1, 0.15) is 21.5 Å². The predicted octanol–water partition coefficient (Wildman–Crippen LogP) is 5.70. The molecule has 0 atom stereocenters. The maximum absolute atomic E-state index is 14.5. The van der Waals surface area contributed by atoms with Crippen LogP contribution >= 0.6 is 0 Å². The van der Waals surface area contributed by atoms with Gasteiger partial charge in [0.25, 0.3) is 0 Å². The van der Waals surface area contributed by atoms with Gasteiger partial charge in [-0.25, -0.2) is 0 Å². The first kappa shape index (κ1) is 25.3. The summed E-state index contributed by atoms with van der Waals surface area (Å²) in [4.78, 5) is 14.5. The average Bonchev–Trinajstić information content (AvgIpc) is 2.85. The van der Waals surface area contributed by atoms with Crippen molar-refractivity contribution in [2.45, 2.75) is 25.2 Å². The van der Waals surface area contributed by atoms with Crippen molar-refractivity contribution < 1.29 is 28.2 Å². The minimum Gasteiger partial charge on any atom is -0.497 e. The van der Waals surface area contributed by atoms with Gasteiger partial charge in [0.05, 0.1) is 28.4 Å². The Morgan fingerprint density at radius 2 is 1.03 bits per heavy atom. The summed E-state index contributed by atoms with van der Waals surface area (Å²) in [6, 6.07) is 19.9. The normalized spacial score (nSPS) is 11.6. The van der Waals surface area contributed by atoms with Gasteiger partial charge in [-0.3, -0.25) is 4.79 Å². The molecule has 6 nitrogen and oxygen atoms in total. The van der Waals surface area contributed by atoms with E-state index < -0.39 is 13.9 Å². The van der Waals surface area contributed by atoms with Gasteiger partial charge in [-0.15, -0.1) is 0 Å². The number of benzene rings is 3. The molecule has 0 radical (unpaired) electrons. The zero-order chi connectivity index (χ0) is 24.9. The minimum absolute atomic E-state index is 0.207. The number of carbonyl (C=O) groups is 1. The standard InChI is InChI=1S/C27H32O6Si/c1-29-22-13-20(14-23(17-22)30-2)27(33-34(5,6)7,26(28)19-11-9-8-10-12-19)21-15-24(31-3)18-25(16-21)32-4/h8-18H,1-7H3. The smallest absolute Gasteiger partial charge is 0.202 e. The highest BCUT2D eigenvalue weighted by Gasteiger charge is 2.47. The van der Waals surface area contributed by atoms with Crippen molar-refractivity contribution >= 4 is 14.1 Å². The van der Waals surface area contributed by atoms with E-state index in [1.54, 1.807) is 52.7 Å². The summed E-state index contributed by atoms with van der Waals surface area (Å²) in [5.41, 5.74) is 0.199. The molecule has 0 saturated carbocycles. The highest BCUT2D eigenvalue weighted by atomic mass is 28.4. The molecule has 3 aromatic rings. The molecule has 3 rings (SSSR count). The summed E-state index contributed by atoms with van der Waals surface area (Å²) in [5.74, 6) is 1.99. The van der Waals surface area contributed by atoms with E-state index in [0.29, 0.717) is 39.7 Å². The van der Waals surface area contributed by atoms with E-state index in [1.807, 2.05) is 42.5 Å². The van der Waals surface area contributed by atoms with Crippen molar-refractivity contribution in [1.82, 2.24) is 0 Å². The molecule has 0 spiro atoms. The van der Waals surface area contributed by atoms with E-state index in [2.05, 4.69) is 19.6 Å². The van der Waals surface area contributed by atoms with Crippen LogP contribution in [0.4, 0.5) is 0 Å². The fourth-order valence-corrected chi connectivity index (χ4v) is 5.11. The lowest BCUT2D eigenvalue weighted by Gasteiger charge is -2.39. The molecule has 0 N–H and O–H groups in total. The quantitative estimate of drug-likeness (QED) is 0.274. The van der Waals surface area contributed by atoms with Crippen LogP contribution in [0.5, 0.6) is 23.0 Å². The van der Waals surface area contributed by atoms with E-state index in [0.717, 1.165) is 0 Å². The van der Waals surface area contributed by atoms with Gasteiger partial charge in [-0.2, -0.15) is 0 Å². The Morgan fingerprint density at radius 3 is 1.35 bits per heavy atom. The lowest BCUT2D eigenvalue weighted by molar-refractivity contribution is 0.0556. The first-order valence-corrected chi connectivity index (χ1v) is 14.3. The molecule has 3 aromatic carbocycles. The SMILES string of the molecule is COc1cc(OC)cc(C(O[Si](C)(C)C)(C(=O)c2ccccc2)c2cc(OC)cc(OC)c2)c1. The van der Waals surface area contributed by atoms with Gasteiger partial charge in [0.2, 0.25) is 5.78 Å². The van der Waals surface area contributed by atoms with Gasteiger partial charge in [-0.05, 0) is 43.9 Å². The number of hydrogen-bond donors (Lipinski definition) is 0. The van der Waals surface area contributed by atoms with Gasteiger partial charge >= 0.3 is 0 Å². The van der Waals surface area contributed by atoms with Gasteiger partial charge in [-0.1, -0.05) is 30.3 Å². The average molecular weight is 481 g/mol. The molecule has 0 aromatic heterocycles. The third-order valence-electron chi connectivity index (χ3n) is 5.33. The Balaban J connectivity index is 2.47. The molecule has 0 aliphatic carbocycles. The fourth-order valence-electron chi connectivity index (χ4n) is 3.87. The number of ether oxygens (including phenoxy) is 4. The van der Waals surface area contributed by atoms with Gasteiger partial charge in [0.1, 0.15) is 23.0 Å². The second kappa shape index (κ2) is 10.3. The zero-order valence-electron chi connectivity index (χ0n) is 20.8. The molecule has 0 aliphatic rings. The highest BCUT2D eigenvalue weighted by Crippen LogP contribution is 2.44. The van der Waals surface area contributed by atoms with E-state index in [1.165, 1.54) is 0 Å². The summed E-state index contributed by atoms with van der Waals surface area (Å²) in [6.07, 6.45) is 0. The number of Topliss-reactive ketones (excluding diaryl/α,β-unsaturated/α-hetero) is 1. The van der Waals surface area contributed by atoms with Gasteiger partial charge in [0, 0.05) is 28.8 Å². The van der Waals surface area contributed by atoms with Crippen LogP contribution in [0.2, 0.25) is 19.6 Å². The molecule has 0 aliphatic heterocycles. The third-order valence-corrected chi connectivity index (χ3v) is 6.25.